The smallest absolute Gasteiger partial charge is 0.263 e. The summed E-state index contributed by atoms with van der Waals surface area (Å²) in [7, 11) is 2.77. The van der Waals surface area contributed by atoms with Crippen LogP contribution in [0.1, 0.15) is 95.1 Å². The van der Waals surface area contributed by atoms with E-state index < -0.39 is 164 Å². The molecule has 1 amide bonds. The molecule has 0 bridgehead atoms. The molecule has 0 unspecified atom stereocenters. The first-order valence-electron chi connectivity index (χ1n) is 25.3. The number of hydrazine groups is 1. The minimum atomic E-state index is -1.52. The van der Waals surface area contributed by atoms with Gasteiger partial charge >= 0.3 is 0 Å². The molecule has 74 heavy (non-hydrogen) atoms. The van der Waals surface area contributed by atoms with Crippen molar-refractivity contribution in [2.75, 3.05) is 14.2 Å². The summed E-state index contributed by atoms with van der Waals surface area (Å²) in [5.74, 6) is -3.29. The maximum atomic E-state index is 15.0. The third-order valence-electron chi connectivity index (χ3n) is 15.4. The number of aliphatic hydroxyl groups excluding tert-OH is 6. The molecule has 11 N–H and O–H groups in total. The molecule has 0 spiro atoms. The van der Waals surface area contributed by atoms with Gasteiger partial charge in [-0.25, -0.2) is 5.43 Å². The normalized spacial score (nSPS) is 42.4. The van der Waals surface area contributed by atoms with E-state index in [4.69, 9.17) is 52.1 Å². The van der Waals surface area contributed by atoms with Gasteiger partial charge in [0, 0.05) is 57.7 Å². The van der Waals surface area contributed by atoms with Crippen LogP contribution in [0.3, 0.4) is 0 Å². The van der Waals surface area contributed by atoms with Gasteiger partial charge in [-0.3, -0.25) is 15.0 Å². The van der Waals surface area contributed by atoms with Crippen LogP contribution >= 0.6 is 0 Å². The number of amides is 1. The molecule has 24 heteroatoms. The van der Waals surface area contributed by atoms with Crippen molar-refractivity contribution in [3.8, 4) is 17.2 Å². The zero-order chi connectivity index (χ0) is 53.8. The molecule has 5 aliphatic heterocycles. The zero-order valence-electron chi connectivity index (χ0n) is 42.9. The summed E-state index contributed by atoms with van der Waals surface area (Å²) >= 11 is 0. The van der Waals surface area contributed by atoms with Crippen LogP contribution in [-0.4, -0.2) is 207 Å². The molecular weight excluding hydrogens is 981 g/mol. The number of carbonyl (C=O) groups excluding carboxylic acids is 2. The first kappa shape index (κ1) is 56.7. The predicted octanol–water partition coefficient (Wildman–Crippen LogP) is -0.309. The lowest BCUT2D eigenvalue weighted by atomic mass is 9.76. The number of aromatic hydroxyl groups is 2. The number of carbonyl (C=O) groups is 2. The lowest BCUT2D eigenvalue weighted by molar-refractivity contribution is -0.334. The maximum Gasteiger partial charge on any atom is 0.263 e. The summed E-state index contributed by atoms with van der Waals surface area (Å²) in [6, 6.07) is 3.15. The van der Waals surface area contributed by atoms with E-state index in [-0.39, 0.29) is 71.7 Å². The van der Waals surface area contributed by atoms with Crippen LogP contribution in [0.15, 0.2) is 12.1 Å². The van der Waals surface area contributed by atoms with Gasteiger partial charge in [0.1, 0.15) is 60.0 Å². The number of benzene rings is 2. The molecule has 8 rings (SSSR count). The first-order valence-corrected chi connectivity index (χ1v) is 25.3. The number of methoxy groups -OCH3 is 1. The van der Waals surface area contributed by atoms with Crippen LogP contribution in [0.25, 0.3) is 10.8 Å². The molecule has 5 heterocycles. The Bertz CT molecular complexity index is 2300. The van der Waals surface area contributed by atoms with Crippen LogP contribution < -0.4 is 15.6 Å². The molecular formula is C50H74N2O22. The second kappa shape index (κ2) is 22.8. The number of rotatable bonds is 14. The highest BCUT2D eigenvalue weighted by atomic mass is 16.7. The minimum absolute atomic E-state index is 0.00636. The van der Waals surface area contributed by atoms with Gasteiger partial charge in [-0.15, -0.1) is 0 Å². The highest BCUT2D eigenvalue weighted by molar-refractivity contribution is 6.11. The molecule has 416 valence electrons. The van der Waals surface area contributed by atoms with E-state index in [1.54, 1.807) is 53.7 Å². The maximum absolute atomic E-state index is 15.0. The van der Waals surface area contributed by atoms with Crippen molar-refractivity contribution in [3.05, 3.63) is 28.8 Å². The van der Waals surface area contributed by atoms with Gasteiger partial charge in [-0.1, -0.05) is 0 Å². The van der Waals surface area contributed by atoms with Crippen LogP contribution in [0.5, 0.6) is 17.2 Å². The van der Waals surface area contributed by atoms with E-state index in [0.29, 0.717) is 0 Å². The fraction of sp³-hybridized carbons (Fsp3) is 0.760. The van der Waals surface area contributed by atoms with Crippen molar-refractivity contribution < 1.29 is 108 Å². The van der Waals surface area contributed by atoms with Gasteiger partial charge in [0.15, 0.2) is 30.9 Å². The zero-order valence-corrected chi connectivity index (χ0v) is 42.9. The largest absolute Gasteiger partial charge is 0.507 e. The standard InChI is InChI=1S/C50H74N2O22/c1-18-28(70-33-14-29(41(56)20(3)66-33)71-32-13-27(53)40(55)19(2)65-32)12-25-10-24-11-26(47(64-9)49(62)52-51-8)46(45(60)38(24)44(59)37(25)39(18)54)74-35-16-30(42(57)22(5)68-35)72-34-15-31(43(58)21(4)67-34)73-36-17-50(7,63)48(61)23(6)69-36/h10,12,19-23,26-27,29-36,40-43,46-48,51,53-59,61,63H,11,13-17H2,1-9H3,(H,52,62)/t19-,20-,21-,22-,23-,26-,27-,29-,30-,31-,32+,33+,34+,35+,36+,40-,41-,42-,43+,46+,47+,48-,50+/m1/s1. The van der Waals surface area contributed by atoms with Gasteiger partial charge in [0.25, 0.3) is 5.91 Å². The van der Waals surface area contributed by atoms with E-state index in [9.17, 15) is 55.5 Å². The average molecular weight is 1060 g/mol. The SMILES string of the molecule is CNNC(=O)[C@@H](OC)[C@@H]1Cc2cc3cc(O[C@H]4C[C@@H](O[C@H]5C[C@@H](O)[C@H](O)[C@@H](C)O5)[C@H](O)[C@@H](C)O4)c(C)c(O)c3c(O)c2C(=O)[C@H]1O[C@H]1C[C@@H](O[C@H]2C[C@@H](O[C@H]3C[C@](C)(O)[C@H](O)[C@@H](C)O3)[C@@H](O)[C@@H](C)O2)[C@H](O)[C@@H](C)O1. The van der Waals surface area contributed by atoms with Crippen LogP contribution in [0.4, 0.5) is 0 Å². The number of phenols is 2. The Balaban J connectivity index is 1.02. The van der Waals surface area contributed by atoms with Crippen LogP contribution in [0.2, 0.25) is 0 Å². The van der Waals surface area contributed by atoms with Crippen LogP contribution in [0, 0.1) is 12.8 Å². The van der Waals surface area contributed by atoms with E-state index in [0.717, 1.165) is 0 Å². The number of phenolic OH excluding ortho intramolecular Hbond substituents is 2. The summed E-state index contributed by atoms with van der Waals surface area (Å²) in [5, 5.41) is 99.1. The number of fused-ring (bicyclic) bond motifs is 2. The third-order valence-corrected chi connectivity index (χ3v) is 15.4. The van der Waals surface area contributed by atoms with Crippen molar-refractivity contribution >= 4 is 22.5 Å². The number of hydrogen-bond acceptors (Lipinski definition) is 23. The summed E-state index contributed by atoms with van der Waals surface area (Å²) in [4.78, 5) is 28.5. The van der Waals surface area contributed by atoms with Gasteiger partial charge in [0.05, 0.1) is 71.5 Å². The van der Waals surface area contributed by atoms with E-state index >= 15 is 0 Å². The Morgan fingerprint density at radius 1 is 0.703 bits per heavy atom. The Kier molecular flexibility index (Phi) is 17.5. The topological polar surface area (TPSA) is 342 Å². The highest BCUT2D eigenvalue weighted by Crippen LogP contribution is 2.47. The number of ketones is 1. The van der Waals surface area contributed by atoms with Gasteiger partial charge in [0.2, 0.25) is 6.29 Å². The molecule has 23 atom stereocenters. The highest BCUT2D eigenvalue weighted by Gasteiger charge is 2.51. The summed E-state index contributed by atoms with van der Waals surface area (Å²) in [5.41, 5.74) is 3.85. The van der Waals surface area contributed by atoms with Crippen molar-refractivity contribution in [3.63, 3.8) is 0 Å². The molecule has 0 saturated carbocycles. The molecule has 2 aromatic carbocycles. The molecule has 0 aromatic heterocycles. The van der Waals surface area contributed by atoms with Gasteiger partial charge in [-0.2, -0.15) is 0 Å². The fourth-order valence-electron chi connectivity index (χ4n) is 11.1. The predicted molar refractivity (Wildman–Crippen MR) is 253 cm³/mol. The van der Waals surface area contributed by atoms with Crippen molar-refractivity contribution in [1.82, 2.24) is 10.9 Å². The molecule has 6 aliphatic rings. The van der Waals surface area contributed by atoms with Crippen molar-refractivity contribution in [2.45, 2.75) is 222 Å². The molecule has 0 radical (unpaired) electrons. The van der Waals surface area contributed by atoms with Crippen molar-refractivity contribution in [2.24, 2.45) is 5.92 Å². The Hall–Kier alpha value is -3.48. The minimum Gasteiger partial charge on any atom is -0.507 e. The van der Waals surface area contributed by atoms with E-state index in [1.807, 2.05) is 0 Å². The molecule has 24 nitrogen and oxygen atoms in total. The summed E-state index contributed by atoms with van der Waals surface area (Å²) in [6.07, 6.45) is -22.1. The molecule has 2 aromatic rings. The average Bonchev–Trinajstić information content (AvgIpc) is 3.32. The van der Waals surface area contributed by atoms with Crippen LogP contribution in [-0.2, 0) is 58.6 Å². The summed E-state index contributed by atoms with van der Waals surface area (Å²) in [6.45, 7) is 11.0. The second-order valence-electron chi connectivity index (χ2n) is 20.9. The molecule has 5 fully saturated rings. The van der Waals surface area contributed by atoms with E-state index in [2.05, 4.69) is 10.9 Å². The summed E-state index contributed by atoms with van der Waals surface area (Å²) < 4.78 is 66.7. The number of hydrogen-bond donors (Lipinski definition) is 11. The lowest BCUT2D eigenvalue weighted by Crippen LogP contribution is -2.58. The number of ether oxygens (including phenoxy) is 11. The molecule has 1 aliphatic carbocycles. The quantitative estimate of drug-likeness (QED) is 0.108. The Morgan fingerprint density at radius 2 is 1.20 bits per heavy atom. The number of aliphatic hydroxyl groups is 7. The van der Waals surface area contributed by atoms with Crippen molar-refractivity contribution in [1.29, 1.82) is 0 Å². The number of Topliss-reactive ketones (excluding diaryl/α,β-unsaturated/α-hetero) is 1. The molecule has 5 saturated heterocycles. The van der Waals surface area contributed by atoms with Gasteiger partial charge < -0.3 is 98.1 Å². The third kappa shape index (κ3) is 11.5. The Morgan fingerprint density at radius 3 is 1.74 bits per heavy atom. The lowest BCUT2D eigenvalue weighted by Gasteiger charge is -2.46. The number of nitrogens with one attached hydrogen (secondary N) is 2. The first-order chi connectivity index (χ1) is 34.9. The fourth-order valence-corrected chi connectivity index (χ4v) is 11.1. The monoisotopic (exact) mass is 1050 g/mol. The Labute approximate surface area is 427 Å². The second-order valence-corrected chi connectivity index (χ2v) is 20.9. The van der Waals surface area contributed by atoms with E-state index in [1.165, 1.54) is 21.1 Å². The van der Waals surface area contributed by atoms with Gasteiger partial charge in [-0.05, 0) is 78.0 Å².